The van der Waals surface area contributed by atoms with Gasteiger partial charge in [0.15, 0.2) is 37.7 Å². The normalized spacial score (nSPS) is 47.8. The summed E-state index contributed by atoms with van der Waals surface area (Å²) in [6.07, 6.45) is -59.2. The van der Waals surface area contributed by atoms with Gasteiger partial charge in [-0.05, 0) is 13.0 Å². The number of nitrogens with two attached hydrogens (primary N) is 1. The number of carbonyl (C=O) groups excluding carboxylic acids is 1. The van der Waals surface area contributed by atoms with Crippen molar-refractivity contribution in [3.63, 3.8) is 0 Å². The highest BCUT2D eigenvalue weighted by Gasteiger charge is 2.58. The number of hydrogen-bond donors (Lipinski definition) is 22. The smallest absolute Gasteiger partial charge is 0.314 e. The summed E-state index contributed by atoms with van der Waals surface area (Å²) in [5.41, 5.74) is 5.44. The van der Waals surface area contributed by atoms with Gasteiger partial charge < -0.3 is 170 Å². The first-order chi connectivity index (χ1) is 36.7. The van der Waals surface area contributed by atoms with Crippen molar-refractivity contribution in [3.05, 3.63) is 0 Å². The molecule has 6 aliphatic heterocycles. The monoisotopic (exact) mass is 1130 g/mol. The summed E-state index contributed by atoms with van der Waals surface area (Å²) < 4.78 is 69.0. The zero-order valence-electron chi connectivity index (χ0n) is 41.0. The van der Waals surface area contributed by atoms with E-state index < -0.39 is 230 Å². The lowest BCUT2D eigenvalue weighted by atomic mass is 9.95. The van der Waals surface area contributed by atoms with Crippen LogP contribution in [0, 0.1) is 0 Å². The number of aliphatic hydroxyl groups excluding tert-OH is 19. The highest BCUT2D eigenvalue weighted by Crippen LogP contribution is 2.38. The average Bonchev–Trinajstić information content (AvgIpc) is 3.42. The third kappa shape index (κ3) is 14.6. The molecule has 30 atom stereocenters. The SMILES string of the molecule is NCCCNC(=O)NCCO[C@H]1OC(CO)[C@@H](O)[C@H](O)C1O[C@H]1OC(CO)[C@@H](O)[C@H](O)C1O[C@@H]1OC(CO)[C@@H](O)[C@H](O[C@H]2OC(CO)[C@@H](O)[C@H](O)C2O[C@H]2OC(CO)[C@@H](O)[C@H](O)C2O[C@@H]2OC(CO)[C@@H](O)[C@H](O)C2O)C1O. The molecular formula is C42H75N3O32. The molecule has 35 nitrogen and oxygen atoms in total. The molecule has 0 spiro atoms. The predicted octanol–water partition coefficient (Wildman–Crippen LogP) is -14.4. The van der Waals surface area contributed by atoms with E-state index in [4.69, 9.17) is 62.6 Å². The van der Waals surface area contributed by atoms with Gasteiger partial charge in [-0.25, -0.2) is 4.79 Å². The molecule has 0 saturated carbocycles. The van der Waals surface area contributed by atoms with Crippen molar-refractivity contribution in [2.75, 3.05) is 65.9 Å². The van der Waals surface area contributed by atoms with Gasteiger partial charge in [0.2, 0.25) is 0 Å². The van der Waals surface area contributed by atoms with Crippen molar-refractivity contribution < 1.29 is 159 Å². The average molecular weight is 1130 g/mol. The fourth-order valence-electron chi connectivity index (χ4n) is 9.25. The molecule has 6 aliphatic rings. The second-order valence-corrected chi connectivity index (χ2v) is 18.9. The van der Waals surface area contributed by atoms with Crippen molar-refractivity contribution in [2.24, 2.45) is 5.73 Å². The number of urea groups is 1. The second-order valence-electron chi connectivity index (χ2n) is 18.9. The van der Waals surface area contributed by atoms with Crippen molar-refractivity contribution in [1.29, 1.82) is 0 Å². The molecule has 77 heavy (non-hydrogen) atoms. The van der Waals surface area contributed by atoms with Gasteiger partial charge in [-0.1, -0.05) is 0 Å². The molecule has 6 rings (SSSR count). The quantitative estimate of drug-likeness (QED) is 0.0423. The minimum atomic E-state index is -2.34. The largest absolute Gasteiger partial charge is 0.394 e. The Morgan fingerprint density at radius 2 is 0.649 bits per heavy atom. The van der Waals surface area contributed by atoms with Crippen molar-refractivity contribution in [1.82, 2.24) is 10.6 Å². The molecule has 0 radical (unpaired) electrons. The van der Waals surface area contributed by atoms with E-state index in [9.17, 15) is 102 Å². The van der Waals surface area contributed by atoms with Crippen LogP contribution in [0.5, 0.6) is 0 Å². The van der Waals surface area contributed by atoms with Crippen molar-refractivity contribution in [3.8, 4) is 0 Å². The molecule has 35 heteroatoms. The summed E-state index contributed by atoms with van der Waals surface area (Å²) in [7, 11) is 0. The van der Waals surface area contributed by atoms with Crippen LogP contribution in [0.1, 0.15) is 6.42 Å². The molecule has 0 aliphatic carbocycles. The van der Waals surface area contributed by atoms with E-state index in [0.29, 0.717) is 13.0 Å². The lowest BCUT2D eigenvalue weighted by Gasteiger charge is -2.50. The van der Waals surface area contributed by atoms with Gasteiger partial charge in [0, 0.05) is 13.1 Å². The van der Waals surface area contributed by atoms with E-state index in [1.807, 2.05) is 0 Å². The minimum Gasteiger partial charge on any atom is -0.394 e. The Kier molecular flexibility index (Phi) is 24.4. The number of amides is 2. The van der Waals surface area contributed by atoms with Gasteiger partial charge in [-0.15, -0.1) is 0 Å². The van der Waals surface area contributed by atoms with Crippen LogP contribution >= 0.6 is 0 Å². The maximum atomic E-state index is 12.2. The Hall–Kier alpha value is -2.01. The number of nitrogens with one attached hydrogen (secondary N) is 2. The molecular weight excluding hydrogens is 1060 g/mol. The number of hydrogen-bond acceptors (Lipinski definition) is 33. The van der Waals surface area contributed by atoms with Crippen LogP contribution in [-0.4, -0.2) is 353 Å². The third-order valence-electron chi connectivity index (χ3n) is 13.8. The van der Waals surface area contributed by atoms with Crippen LogP contribution in [0.4, 0.5) is 4.79 Å². The standard InChI is InChI=1S/C42H75N3O32/c43-2-1-3-44-42(65)45-4-5-66-38-32(25(59)19(53)13(7-47)69-38)76-40-34(27(61)21(55)15(9-49)71-40)75-37-30(64)31(23(57)17(11-51)68-37)73-39-35(28(62)22(56)14(8-48)70-39)77-41-33(26(60)20(54)16(10-50)72-41)74-36-29(63)24(58)18(52)12(6-46)67-36/h12-41,46-64H,1-11,43H2,(H2,44,45,65)/t12?,13?,14?,15?,16?,17?,18-,19-,20-,21-,22-,23-,24+,25+,26+,27+,28+,29?,30?,31+,32?,33?,34?,35?,36+,37+,38+,39-,40-,41-/m1/s1. The first-order valence-electron chi connectivity index (χ1n) is 24.7. The van der Waals surface area contributed by atoms with E-state index >= 15 is 0 Å². The fraction of sp³-hybridized carbons (Fsp3) is 0.976. The van der Waals surface area contributed by atoms with Gasteiger partial charge in [-0.2, -0.15) is 0 Å². The van der Waals surface area contributed by atoms with Gasteiger partial charge in [-0.3, -0.25) is 0 Å². The molecule has 450 valence electrons. The fourth-order valence-corrected chi connectivity index (χ4v) is 9.25. The molecule has 12 unspecified atom stereocenters. The summed E-state index contributed by atoms with van der Waals surface area (Å²) in [4.78, 5) is 12.2. The molecule has 6 fully saturated rings. The minimum absolute atomic E-state index is 0.171. The Balaban J connectivity index is 1.25. The summed E-state index contributed by atoms with van der Waals surface area (Å²) >= 11 is 0. The van der Waals surface area contributed by atoms with Crippen LogP contribution < -0.4 is 16.4 Å². The number of ether oxygens (including phenoxy) is 12. The van der Waals surface area contributed by atoms with Crippen molar-refractivity contribution in [2.45, 2.75) is 191 Å². The zero-order valence-corrected chi connectivity index (χ0v) is 41.0. The van der Waals surface area contributed by atoms with Gasteiger partial charge in [0.1, 0.15) is 146 Å². The summed E-state index contributed by atoms with van der Waals surface area (Å²) in [5, 5.41) is 209. The number of aliphatic hydroxyl groups is 19. The first-order valence-corrected chi connectivity index (χ1v) is 24.7. The topological polar surface area (TPSA) is 562 Å². The van der Waals surface area contributed by atoms with Crippen LogP contribution in [0.2, 0.25) is 0 Å². The molecule has 0 aromatic heterocycles. The lowest BCUT2D eigenvalue weighted by Crippen LogP contribution is -2.69. The Bertz CT molecular complexity index is 1760. The van der Waals surface area contributed by atoms with Crippen molar-refractivity contribution >= 4 is 6.03 Å². The Morgan fingerprint density at radius 1 is 0.351 bits per heavy atom. The van der Waals surface area contributed by atoms with E-state index in [2.05, 4.69) is 10.6 Å². The highest BCUT2D eigenvalue weighted by molar-refractivity contribution is 5.73. The Labute approximate surface area is 437 Å². The van der Waals surface area contributed by atoms with E-state index in [0.717, 1.165) is 0 Å². The predicted molar refractivity (Wildman–Crippen MR) is 238 cm³/mol. The van der Waals surface area contributed by atoms with Crippen LogP contribution in [0.15, 0.2) is 0 Å². The summed E-state index contributed by atoms with van der Waals surface area (Å²) in [5.74, 6) is 0. The van der Waals surface area contributed by atoms with Gasteiger partial charge in [0.25, 0.3) is 0 Å². The number of rotatable bonds is 23. The number of carbonyl (C=O) groups is 1. The second kappa shape index (κ2) is 29.3. The molecule has 6 heterocycles. The zero-order chi connectivity index (χ0) is 56.6. The van der Waals surface area contributed by atoms with E-state index in [-0.39, 0.29) is 19.7 Å². The lowest BCUT2D eigenvalue weighted by molar-refractivity contribution is -0.411. The highest BCUT2D eigenvalue weighted by atomic mass is 16.8. The van der Waals surface area contributed by atoms with Crippen LogP contribution in [-0.2, 0) is 56.8 Å². The maximum absolute atomic E-state index is 12.2. The van der Waals surface area contributed by atoms with Gasteiger partial charge in [0.05, 0.1) is 46.2 Å². The van der Waals surface area contributed by atoms with E-state index in [1.54, 1.807) is 0 Å². The van der Waals surface area contributed by atoms with Gasteiger partial charge >= 0.3 is 6.03 Å². The summed E-state index contributed by atoms with van der Waals surface area (Å²) in [6, 6.07) is -0.591. The molecule has 2 amide bonds. The third-order valence-corrected chi connectivity index (χ3v) is 13.8. The Morgan fingerprint density at radius 3 is 1.04 bits per heavy atom. The molecule has 0 aromatic rings. The maximum Gasteiger partial charge on any atom is 0.314 e. The molecule has 6 saturated heterocycles. The van der Waals surface area contributed by atoms with E-state index in [1.165, 1.54) is 0 Å². The molecule has 0 bridgehead atoms. The molecule has 0 aromatic carbocycles. The first kappa shape index (κ1) is 64.2. The van der Waals surface area contributed by atoms with Crippen LogP contribution in [0.3, 0.4) is 0 Å². The van der Waals surface area contributed by atoms with Crippen LogP contribution in [0.25, 0.3) is 0 Å². The summed E-state index contributed by atoms with van der Waals surface area (Å²) in [6.45, 7) is -5.83. The molecule has 23 N–H and O–H groups in total.